The summed E-state index contributed by atoms with van der Waals surface area (Å²) in [6.45, 7) is 5.12. The van der Waals surface area contributed by atoms with Crippen molar-refractivity contribution in [3.63, 3.8) is 0 Å². The molecule has 4 rings (SSSR count). The molecule has 260 valence electrons. The second-order valence-corrected chi connectivity index (χ2v) is 14.9. The van der Waals surface area contributed by atoms with E-state index in [9.17, 15) is 18.0 Å². The molecule has 0 aliphatic heterocycles. The first kappa shape index (κ1) is 38.1. The fraction of sp³-hybridized carbons (Fsp3) is 0.297. The molecule has 0 spiro atoms. The molecule has 0 radical (unpaired) electrons. The van der Waals surface area contributed by atoms with Gasteiger partial charge in [-0.25, -0.2) is 8.42 Å². The molecule has 1 N–H and O–H groups in total. The Balaban J connectivity index is 1.88. The molecule has 0 aliphatic rings. The fourth-order valence-electron chi connectivity index (χ4n) is 5.18. The number of rotatable bonds is 16. The number of carbonyl (C=O) groups is 2. The van der Waals surface area contributed by atoms with E-state index in [0.29, 0.717) is 22.0 Å². The van der Waals surface area contributed by atoms with Crippen LogP contribution in [-0.2, 0) is 32.6 Å². The van der Waals surface area contributed by atoms with Gasteiger partial charge in [0.25, 0.3) is 10.0 Å². The Morgan fingerprint density at radius 3 is 2.12 bits per heavy atom. The summed E-state index contributed by atoms with van der Waals surface area (Å²) in [7, 11) is -4.32. The van der Waals surface area contributed by atoms with E-state index in [0.717, 1.165) is 14.8 Å². The van der Waals surface area contributed by atoms with Crippen LogP contribution in [0.2, 0.25) is 10.0 Å². The number of para-hydroxylation sites is 2. The highest BCUT2D eigenvalue weighted by Gasteiger charge is 2.36. The molecular formula is C37H41Cl2N3O5S2. The van der Waals surface area contributed by atoms with E-state index in [-0.39, 0.29) is 47.9 Å². The molecule has 0 unspecified atom stereocenters. The third kappa shape index (κ3) is 9.72. The average Bonchev–Trinajstić information content (AvgIpc) is 3.10. The van der Waals surface area contributed by atoms with Gasteiger partial charge in [0, 0.05) is 39.5 Å². The lowest BCUT2D eigenvalue weighted by Gasteiger charge is -2.35. The first-order valence-corrected chi connectivity index (χ1v) is 19.4. The number of thioether (sulfide) groups is 1. The number of carbonyl (C=O) groups excluding carboxylic acids is 2. The number of nitrogens with one attached hydrogen (secondary N) is 1. The van der Waals surface area contributed by atoms with Crippen molar-refractivity contribution in [3.05, 3.63) is 118 Å². The predicted octanol–water partition coefficient (Wildman–Crippen LogP) is 7.86. The van der Waals surface area contributed by atoms with E-state index in [4.69, 9.17) is 27.9 Å². The highest BCUT2D eigenvalue weighted by molar-refractivity contribution is 7.98. The van der Waals surface area contributed by atoms with E-state index in [1.807, 2.05) is 50.4 Å². The minimum Gasteiger partial charge on any atom is -0.492 e. The maximum atomic E-state index is 14.8. The van der Waals surface area contributed by atoms with Crippen molar-refractivity contribution in [2.24, 2.45) is 0 Å². The summed E-state index contributed by atoms with van der Waals surface area (Å²) in [6.07, 6.45) is 2.73. The molecular weight excluding hydrogens is 701 g/mol. The van der Waals surface area contributed by atoms with Gasteiger partial charge in [-0.15, -0.1) is 11.8 Å². The van der Waals surface area contributed by atoms with Crippen LogP contribution in [0.1, 0.15) is 38.3 Å². The van der Waals surface area contributed by atoms with Gasteiger partial charge in [-0.1, -0.05) is 78.7 Å². The molecule has 0 bridgehead atoms. The number of hydrogen-bond acceptors (Lipinski definition) is 6. The van der Waals surface area contributed by atoms with Crippen molar-refractivity contribution in [1.82, 2.24) is 10.2 Å². The molecule has 2 atom stereocenters. The van der Waals surface area contributed by atoms with Crippen molar-refractivity contribution in [3.8, 4) is 5.75 Å². The van der Waals surface area contributed by atoms with Gasteiger partial charge in [-0.2, -0.15) is 0 Å². The first-order chi connectivity index (χ1) is 23.5. The molecule has 0 aliphatic carbocycles. The van der Waals surface area contributed by atoms with Gasteiger partial charge >= 0.3 is 0 Å². The van der Waals surface area contributed by atoms with E-state index in [1.54, 1.807) is 61.5 Å². The molecule has 0 saturated heterocycles. The number of ether oxygens (including phenoxy) is 1. The zero-order chi connectivity index (χ0) is 35.6. The summed E-state index contributed by atoms with van der Waals surface area (Å²) in [5.41, 5.74) is 1.44. The summed E-state index contributed by atoms with van der Waals surface area (Å²) in [5, 5.41) is 3.65. The third-order valence-corrected chi connectivity index (χ3v) is 11.2. The van der Waals surface area contributed by atoms with Crippen LogP contribution in [0.5, 0.6) is 5.75 Å². The zero-order valence-electron chi connectivity index (χ0n) is 27.9. The van der Waals surface area contributed by atoms with Crippen LogP contribution in [0.4, 0.5) is 5.69 Å². The summed E-state index contributed by atoms with van der Waals surface area (Å²) >= 11 is 14.7. The van der Waals surface area contributed by atoms with Crippen molar-refractivity contribution >= 4 is 62.5 Å². The van der Waals surface area contributed by atoms with E-state index < -0.39 is 28.5 Å². The maximum absolute atomic E-state index is 14.8. The predicted molar refractivity (Wildman–Crippen MR) is 199 cm³/mol. The summed E-state index contributed by atoms with van der Waals surface area (Å²) in [4.78, 5) is 31.1. The van der Waals surface area contributed by atoms with E-state index in [1.165, 1.54) is 28.8 Å². The Kier molecular flexibility index (Phi) is 13.8. The van der Waals surface area contributed by atoms with Crippen LogP contribution >= 0.6 is 35.0 Å². The van der Waals surface area contributed by atoms with Crippen LogP contribution < -0.4 is 14.4 Å². The van der Waals surface area contributed by atoms with Gasteiger partial charge in [0.15, 0.2) is 0 Å². The van der Waals surface area contributed by atoms with Gasteiger partial charge < -0.3 is 15.0 Å². The topological polar surface area (TPSA) is 96.0 Å². The Labute approximate surface area is 303 Å². The number of amides is 2. The van der Waals surface area contributed by atoms with Crippen molar-refractivity contribution in [1.29, 1.82) is 0 Å². The number of nitrogens with zero attached hydrogens (tertiary/aromatic N) is 2. The minimum absolute atomic E-state index is 0.000416. The van der Waals surface area contributed by atoms with Gasteiger partial charge in [-0.3, -0.25) is 13.9 Å². The van der Waals surface area contributed by atoms with Gasteiger partial charge in [0.2, 0.25) is 11.8 Å². The average molecular weight is 743 g/mol. The summed E-state index contributed by atoms with van der Waals surface area (Å²) in [6, 6.07) is 26.3. The molecule has 0 heterocycles. The third-order valence-electron chi connectivity index (χ3n) is 8.02. The van der Waals surface area contributed by atoms with Crippen LogP contribution in [-0.4, -0.2) is 56.6 Å². The minimum atomic E-state index is -4.32. The van der Waals surface area contributed by atoms with Crippen LogP contribution in [0, 0.1) is 0 Å². The smallest absolute Gasteiger partial charge is 0.264 e. The Morgan fingerprint density at radius 1 is 0.878 bits per heavy atom. The standard InChI is InChI=1S/C37H41Cl2N3O5S2/c1-5-26(3)40-37(44)34(23-27-13-8-7-9-14-27)41(24-30-31(38)15-12-16-32(30)39)36(43)25-42(33-17-10-11-18-35(33)47-6-2)49(45,46)29-21-19-28(48-4)20-22-29/h7-22,26,34H,5-6,23-25H2,1-4H3,(H,40,44)/t26-,34-/m0/s1. The monoisotopic (exact) mass is 741 g/mol. The molecule has 4 aromatic rings. The van der Waals surface area contributed by atoms with E-state index >= 15 is 0 Å². The first-order valence-electron chi connectivity index (χ1n) is 15.9. The SMILES string of the molecule is CCOc1ccccc1N(CC(=O)N(Cc1c(Cl)cccc1Cl)[C@@H](Cc1ccccc1)C(=O)N[C@@H](C)CC)S(=O)(=O)c1ccc(SC)cc1. The number of benzene rings is 4. The van der Waals surface area contributed by atoms with Gasteiger partial charge in [-0.05, 0) is 80.6 Å². The van der Waals surface area contributed by atoms with Crippen molar-refractivity contribution < 1.29 is 22.7 Å². The van der Waals surface area contributed by atoms with Crippen LogP contribution in [0.25, 0.3) is 0 Å². The second-order valence-electron chi connectivity index (χ2n) is 11.3. The molecule has 0 saturated carbocycles. The van der Waals surface area contributed by atoms with Crippen molar-refractivity contribution in [2.75, 3.05) is 23.7 Å². The van der Waals surface area contributed by atoms with E-state index in [2.05, 4.69) is 5.32 Å². The largest absolute Gasteiger partial charge is 0.492 e. The van der Waals surface area contributed by atoms with Crippen molar-refractivity contribution in [2.45, 2.75) is 62.0 Å². The maximum Gasteiger partial charge on any atom is 0.264 e. The lowest BCUT2D eigenvalue weighted by Crippen LogP contribution is -2.54. The Morgan fingerprint density at radius 2 is 1.51 bits per heavy atom. The number of anilines is 1. The quantitative estimate of drug-likeness (QED) is 0.118. The molecule has 8 nitrogen and oxygen atoms in total. The summed E-state index contributed by atoms with van der Waals surface area (Å²) in [5.74, 6) is -0.725. The number of hydrogen-bond donors (Lipinski definition) is 1. The van der Waals surface area contributed by atoms with Gasteiger partial charge in [0.1, 0.15) is 18.3 Å². The highest BCUT2D eigenvalue weighted by Crippen LogP contribution is 2.34. The lowest BCUT2D eigenvalue weighted by atomic mass is 10.0. The van der Waals surface area contributed by atoms with Gasteiger partial charge in [0.05, 0.1) is 17.2 Å². The molecule has 4 aromatic carbocycles. The zero-order valence-corrected chi connectivity index (χ0v) is 31.1. The molecule has 12 heteroatoms. The highest BCUT2D eigenvalue weighted by atomic mass is 35.5. The molecule has 49 heavy (non-hydrogen) atoms. The molecule has 0 fully saturated rings. The Bertz CT molecular complexity index is 1810. The van der Waals surface area contributed by atoms with Crippen LogP contribution in [0.3, 0.4) is 0 Å². The second kappa shape index (κ2) is 17.8. The lowest BCUT2D eigenvalue weighted by molar-refractivity contribution is -0.140. The number of sulfonamides is 1. The normalized spacial score (nSPS) is 12.5. The molecule has 2 amide bonds. The Hall–Kier alpha value is -3.70. The fourth-order valence-corrected chi connectivity index (χ4v) is 7.53. The molecule has 0 aromatic heterocycles. The summed E-state index contributed by atoms with van der Waals surface area (Å²) < 4.78 is 35.8. The van der Waals surface area contributed by atoms with Crippen LogP contribution in [0.15, 0.2) is 107 Å². The number of halogens is 2.